The van der Waals surface area contributed by atoms with Crippen molar-refractivity contribution in [3.8, 4) is 5.75 Å². The minimum absolute atomic E-state index is 0.0260. The molecular weight excluding hydrogens is 324 g/mol. The molecule has 1 N–H and O–H groups in total. The van der Waals surface area contributed by atoms with Gasteiger partial charge in [-0.2, -0.15) is 0 Å². The number of carbonyl (C=O) groups excluding carboxylic acids is 2. The normalized spacial score (nSPS) is 16.5. The molecule has 1 aromatic carbocycles. The number of piperidine rings is 1. The van der Waals surface area contributed by atoms with Crippen molar-refractivity contribution in [1.29, 1.82) is 0 Å². The molecule has 1 aliphatic rings. The second-order valence-corrected chi connectivity index (χ2v) is 7.34. The monoisotopic (exact) mass is 350 g/mol. The van der Waals surface area contributed by atoms with Crippen LogP contribution in [0.4, 0.5) is 0 Å². The quantitative estimate of drug-likeness (QED) is 0.801. The molecule has 2 rings (SSSR count). The molecule has 1 heterocycles. The van der Waals surface area contributed by atoms with Crippen molar-refractivity contribution in [2.24, 2.45) is 5.92 Å². The number of nitrogens with one attached hydrogen (secondary N) is 1. The maximum Gasteiger partial charge on any atom is 0.246 e. The zero-order valence-electron chi connectivity index (χ0n) is 14.6. The molecule has 1 atom stereocenters. The number of likely N-dealkylation sites (tertiary alicyclic amines) is 1. The second kappa shape index (κ2) is 8.97. The largest absolute Gasteiger partial charge is 0.497 e. The summed E-state index contributed by atoms with van der Waals surface area (Å²) >= 11 is 1.56. The third kappa shape index (κ3) is 5.44. The number of thioether (sulfide) groups is 1. The summed E-state index contributed by atoms with van der Waals surface area (Å²) in [6, 6.07) is 7.22. The molecule has 1 fully saturated rings. The first-order chi connectivity index (χ1) is 11.5. The maximum absolute atomic E-state index is 12.7. The van der Waals surface area contributed by atoms with E-state index in [-0.39, 0.29) is 11.8 Å². The Balaban J connectivity index is 1.96. The molecular formula is C18H26N2O3S. The lowest BCUT2D eigenvalue weighted by Crippen LogP contribution is -2.51. The summed E-state index contributed by atoms with van der Waals surface area (Å²) in [4.78, 5) is 27.2. The van der Waals surface area contributed by atoms with Crippen LogP contribution in [0.1, 0.15) is 26.7 Å². The minimum Gasteiger partial charge on any atom is -0.497 e. The number of benzene rings is 1. The molecule has 6 heteroatoms. The zero-order chi connectivity index (χ0) is 17.5. The van der Waals surface area contributed by atoms with Crippen molar-refractivity contribution in [2.45, 2.75) is 37.6 Å². The van der Waals surface area contributed by atoms with E-state index in [2.05, 4.69) is 12.2 Å². The van der Waals surface area contributed by atoms with Gasteiger partial charge in [0.15, 0.2) is 0 Å². The minimum atomic E-state index is -0.483. The number of hydrogen-bond donors (Lipinski definition) is 1. The van der Waals surface area contributed by atoms with Crippen LogP contribution in [-0.4, -0.2) is 48.7 Å². The van der Waals surface area contributed by atoms with Gasteiger partial charge in [-0.1, -0.05) is 6.92 Å². The van der Waals surface area contributed by atoms with Gasteiger partial charge in [0.05, 0.1) is 7.11 Å². The van der Waals surface area contributed by atoms with Crippen LogP contribution in [0, 0.1) is 5.92 Å². The topological polar surface area (TPSA) is 58.6 Å². The third-order valence-electron chi connectivity index (χ3n) is 4.25. The van der Waals surface area contributed by atoms with Gasteiger partial charge in [-0.15, -0.1) is 11.8 Å². The van der Waals surface area contributed by atoms with Crippen molar-refractivity contribution in [3.63, 3.8) is 0 Å². The van der Waals surface area contributed by atoms with E-state index in [9.17, 15) is 9.59 Å². The van der Waals surface area contributed by atoms with Crippen molar-refractivity contribution < 1.29 is 14.3 Å². The molecule has 0 radical (unpaired) electrons. The molecule has 0 saturated carbocycles. The number of hydrogen-bond acceptors (Lipinski definition) is 4. The van der Waals surface area contributed by atoms with Crippen LogP contribution < -0.4 is 10.1 Å². The highest BCUT2D eigenvalue weighted by Crippen LogP contribution is 2.23. The van der Waals surface area contributed by atoms with E-state index in [1.807, 2.05) is 29.2 Å². The summed E-state index contributed by atoms with van der Waals surface area (Å²) in [7, 11) is 1.63. The summed E-state index contributed by atoms with van der Waals surface area (Å²) in [6.07, 6.45) is 2.06. The Hall–Kier alpha value is -1.69. The third-order valence-corrected chi connectivity index (χ3v) is 5.35. The molecule has 0 spiro atoms. The summed E-state index contributed by atoms with van der Waals surface area (Å²) in [5.74, 6) is 1.85. The highest BCUT2D eigenvalue weighted by Gasteiger charge is 2.27. The Labute approximate surface area is 148 Å². The lowest BCUT2D eigenvalue weighted by atomic mass is 9.99. The fourth-order valence-electron chi connectivity index (χ4n) is 2.72. The average Bonchev–Trinajstić information content (AvgIpc) is 2.59. The fraction of sp³-hybridized carbons (Fsp3) is 0.556. The summed E-state index contributed by atoms with van der Waals surface area (Å²) in [5.41, 5.74) is 0. The molecule has 1 unspecified atom stereocenters. The predicted octanol–water partition coefficient (Wildman–Crippen LogP) is 2.55. The molecule has 1 aliphatic heterocycles. The second-order valence-electron chi connectivity index (χ2n) is 6.25. The van der Waals surface area contributed by atoms with Crippen LogP contribution in [0.5, 0.6) is 5.75 Å². The van der Waals surface area contributed by atoms with Gasteiger partial charge in [-0.25, -0.2) is 0 Å². The first kappa shape index (κ1) is 18.6. The highest BCUT2D eigenvalue weighted by atomic mass is 32.2. The van der Waals surface area contributed by atoms with Gasteiger partial charge < -0.3 is 15.0 Å². The summed E-state index contributed by atoms with van der Waals surface area (Å²) in [5, 5.41) is 2.81. The lowest BCUT2D eigenvalue weighted by Gasteiger charge is -2.33. The number of amides is 2. The van der Waals surface area contributed by atoms with E-state index >= 15 is 0 Å². The van der Waals surface area contributed by atoms with E-state index in [0.717, 1.165) is 36.6 Å². The van der Waals surface area contributed by atoms with Crippen LogP contribution in [0.25, 0.3) is 0 Å². The van der Waals surface area contributed by atoms with Crippen molar-refractivity contribution in [2.75, 3.05) is 26.0 Å². The number of ether oxygens (including phenoxy) is 1. The van der Waals surface area contributed by atoms with Crippen LogP contribution in [-0.2, 0) is 9.59 Å². The van der Waals surface area contributed by atoms with E-state index < -0.39 is 6.04 Å². The van der Waals surface area contributed by atoms with E-state index in [1.165, 1.54) is 6.92 Å². The molecule has 2 amide bonds. The van der Waals surface area contributed by atoms with Crippen LogP contribution in [0.2, 0.25) is 0 Å². The Morgan fingerprint density at radius 2 is 1.92 bits per heavy atom. The Morgan fingerprint density at radius 3 is 2.46 bits per heavy atom. The van der Waals surface area contributed by atoms with Gasteiger partial charge in [-0.05, 0) is 43.0 Å². The first-order valence-corrected chi connectivity index (χ1v) is 9.31. The number of methoxy groups -OCH3 is 1. The number of carbonyl (C=O) groups is 2. The summed E-state index contributed by atoms with van der Waals surface area (Å²) < 4.78 is 5.15. The zero-order valence-corrected chi connectivity index (χ0v) is 15.4. The van der Waals surface area contributed by atoms with Gasteiger partial charge in [0.2, 0.25) is 11.8 Å². The predicted molar refractivity (Wildman–Crippen MR) is 96.3 cm³/mol. The molecule has 1 aromatic rings. The van der Waals surface area contributed by atoms with Crippen molar-refractivity contribution >= 4 is 23.6 Å². The van der Waals surface area contributed by atoms with Gasteiger partial charge in [-0.3, -0.25) is 9.59 Å². The Bertz CT molecular complexity index is 554. The smallest absolute Gasteiger partial charge is 0.246 e. The van der Waals surface area contributed by atoms with Crippen LogP contribution in [0.3, 0.4) is 0 Å². The van der Waals surface area contributed by atoms with E-state index in [4.69, 9.17) is 4.74 Å². The van der Waals surface area contributed by atoms with Gasteiger partial charge in [0.25, 0.3) is 0 Å². The van der Waals surface area contributed by atoms with E-state index in [1.54, 1.807) is 18.9 Å². The number of nitrogens with zero attached hydrogens (tertiary/aromatic N) is 1. The van der Waals surface area contributed by atoms with Crippen LogP contribution >= 0.6 is 11.8 Å². The van der Waals surface area contributed by atoms with Crippen molar-refractivity contribution in [1.82, 2.24) is 10.2 Å². The average molecular weight is 350 g/mol. The maximum atomic E-state index is 12.7. The standard InChI is InChI=1S/C18H26N2O3S/c1-13-8-10-20(11-9-13)18(22)17(19-14(2)21)12-24-16-6-4-15(23-3)5-7-16/h4-7,13,17H,8-12H2,1-3H3,(H,19,21). The molecule has 0 bridgehead atoms. The molecule has 1 saturated heterocycles. The molecule has 24 heavy (non-hydrogen) atoms. The SMILES string of the molecule is COc1ccc(SCC(NC(C)=O)C(=O)N2CCC(C)CC2)cc1. The fourth-order valence-corrected chi connectivity index (χ4v) is 3.63. The first-order valence-electron chi connectivity index (χ1n) is 8.32. The summed E-state index contributed by atoms with van der Waals surface area (Å²) in [6.45, 7) is 5.23. The van der Waals surface area contributed by atoms with Crippen molar-refractivity contribution in [3.05, 3.63) is 24.3 Å². The highest BCUT2D eigenvalue weighted by molar-refractivity contribution is 7.99. The number of rotatable bonds is 6. The van der Waals surface area contributed by atoms with Crippen LogP contribution in [0.15, 0.2) is 29.2 Å². The van der Waals surface area contributed by atoms with Gasteiger partial charge in [0.1, 0.15) is 11.8 Å². The van der Waals surface area contributed by atoms with E-state index in [0.29, 0.717) is 11.7 Å². The molecule has 132 valence electrons. The molecule has 5 nitrogen and oxygen atoms in total. The van der Waals surface area contributed by atoms with Gasteiger partial charge >= 0.3 is 0 Å². The molecule has 0 aromatic heterocycles. The Morgan fingerprint density at radius 1 is 1.29 bits per heavy atom. The lowest BCUT2D eigenvalue weighted by molar-refractivity contribution is -0.136. The Kier molecular flexibility index (Phi) is 6.97. The van der Waals surface area contributed by atoms with Gasteiger partial charge in [0, 0.05) is 30.7 Å². The molecule has 0 aliphatic carbocycles.